The lowest BCUT2D eigenvalue weighted by molar-refractivity contribution is -0.129. The largest absolute Gasteiger partial charge is 0.341 e. The van der Waals surface area contributed by atoms with E-state index in [1.54, 1.807) is 6.07 Å². The Bertz CT molecular complexity index is 427. The van der Waals surface area contributed by atoms with Crippen LogP contribution in [0.5, 0.6) is 0 Å². The standard InChI is InChI=1S/C13H15Cl2NO/c1-9-8-10(14)4-5-11(9)12(15)13(17)16-6-2-3-7-16/h4-5,8,12H,2-3,6-7H2,1H3. The molecule has 1 aliphatic heterocycles. The van der Waals surface area contributed by atoms with Crippen LogP contribution in [-0.2, 0) is 4.79 Å². The van der Waals surface area contributed by atoms with E-state index in [2.05, 4.69) is 0 Å². The highest BCUT2D eigenvalue weighted by atomic mass is 35.5. The van der Waals surface area contributed by atoms with Crippen molar-refractivity contribution in [3.8, 4) is 0 Å². The Morgan fingerprint density at radius 3 is 2.59 bits per heavy atom. The van der Waals surface area contributed by atoms with E-state index in [9.17, 15) is 4.79 Å². The number of hydrogen-bond acceptors (Lipinski definition) is 1. The lowest BCUT2D eigenvalue weighted by Gasteiger charge is -2.20. The van der Waals surface area contributed by atoms with Gasteiger partial charge in [0.1, 0.15) is 5.38 Å². The molecule has 2 rings (SSSR count). The van der Waals surface area contributed by atoms with Crippen molar-refractivity contribution < 1.29 is 4.79 Å². The average molecular weight is 272 g/mol. The Morgan fingerprint density at radius 2 is 2.00 bits per heavy atom. The van der Waals surface area contributed by atoms with Gasteiger partial charge in [-0.1, -0.05) is 17.7 Å². The second kappa shape index (κ2) is 5.28. The molecule has 1 aliphatic rings. The molecule has 0 aromatic heterocycles. The molecule has 1 heterocycles. The predicted octanol–water partition coefficient (Wildman–Crippen LogP) is 3.55. The summed E-state index contributed by atoms with van der Waals surface area (Å²) in [6.45, 7) is 3.58. The van der Waals surface area contributed by atoms with Crippen LogP contribution in [0.15, 0.2) is 18.2 Å². The smallest absolute Gasteiger partial charge is 0.245 e. The first-order valence-electron chi connectivity index (χ1n) is 5.78. The number of likely N-dealkylation sites (tertiary alicyclic amines) is 1. The minimum Gasteiger partial charge on any atom is -0.341 e. The Labute approximate surface area is 112 Å². The second-order valence-electron chi connectivity index (χ2n) is 4.40. The highest BCUT2D eigenvalue weighted by molar-refractivity contribution is 6.32. The van der Waals surface area contributed by atoms with Crippen molar-refractivity contribution in [2.24, 2.45) is 0 Å². The Balaban J connectivity index is 2.18. The van der Waals surface area contributed by atoms with E-state index in [0.717, 1.165) is 37.1 Å². The molecule has 1 atom stereocenters. The molecule has 1 unspecified atom stereocenters. The summed E-state index contributed by atoms with van der Waals surface area (Å²) in [6.07, 6.45) is 2.16. The second-order valence-corrected chi connectivity index (χ2v) is 5.27. The maximum absolute atomic E-state index is 12.1. The van der Waals surface area contributed by atoms with E-state index >= 15 is 0 Å². The molecule has 0 bridgehead atoms. The number of hydrogen-bond donors (Lipinski definition) is 0. The van der Waals surface area contributed by atoms with Crippen molar-refractivity contribution >= 4 is 29.1 Å². The first kappa shape index (κ1) is 12.7. The van der Waals surface area contributed by atoms with Gasteiger partial charge in [0.05, 0.1) is 0 Å². The number of alkyl halides is 1. The van der Waals surface area contributed by atoms with Crippen molar-refractivity contribution in [1.82, 2.24) is 4.90 Å². The number of carbonyl (C=O) groups excluding carboxylic acids is 1. The van der Waals surface area contributed by atoms with Crippen LogP contribution in [0.4, 0.5) is 0 Å². The van der Waals surface area contributed by atoms with E-state index < -0.39 is 5.38 Å². The Kier molecular flexibility index (Phi) is 3.95. The number of amides is 1. The minimum absolute atomic E-state index is 0.00888. The van der Waals surface area contributed by atoms with Crippen LogP contribution in [-0.4, -0.2) is 23.9 Å². The molecule has 92 valence electrons. The number of benzene rings is 1. The zero-order valence-corrected chi connectivity index (χ0v) is 11.3. The van der Waals surface area contributed by atoms with Gasteiger partial charge < -0.3 is 4.90 Å². The van der Waals surface area contributed by atoms with Gasteiger partial charge >= 0.3 is 0 Å². The number of aryl methyl sites for hydroxylation is 1. The lowest BCUT2D eigenvalue weighted by Crippen LogP contribution is -2.30. The van der Waals surface area contributed by atoms with Crippen molar-refractivity contribution in [2.45, 2.75) is 25.1 Å². The van der Waals surface area contributed by atoms with Crippen molar-refractivity contribution in [2.75, 3.05) is 13.1 Å². The lowest BCUT2D eigenvalue weighted by atomic mass is 10.0. The van der Waals surface area contributed by atoms with E-state index in [-0.39, 0.29) is 5.91 Å². The quantitative estimate of drug-likeness (QED) is 0.754. The first-order chi connectivity index (χ1) is 8.09. The molecule has 1 fully saturated rings. The van der Waals surface area contributed by atoms with E-state index in [0.29, 0.717) is 5.02 Å². The summed E-state index contributed by atoms with van der Waals surface area (Å²) in [4.78, 5) is 14.0. The van der Waals surface area contributed by atoms with E-state index in [1.165, 1.54) is 0 Å². The number of nitrogens with zero attached hydrogens (tertiary/aromatic N) is 1. The van der Waals surface area contributed by atoms with Gasteiger partial charge in [-0.3, -0.25) is 4.79 Å². The van der Waals surface area contributed by atoms with Crippen LogP contribution >= 0.6 is 23.2 Å². The molecule has 17 heavy (non-hydrogen) atoms. The average Bonchev–Trinajstić information content (AvgIpc) is 2.80. The summed E-state index contributed by atoms with van der Waals surface area (Å²) in [6, 6.07) is 5.45. The van der Waals surface area contributed by atoms with Crippen LogP contribution in [0.25, 0.3) is 0 Å². The van der Waals surface area contributed by atoms with E-state index in [1.807, 2.05) is 24.0 Å². The fraction of sp³-hybridized carbons (Fsp3) is 0.462. The molecule has 1 aromatic rings. The van der Waals surface area contributed by atoms with Crippen molar-refractivity contribution in [3.63, 3.8) is 0 Å². The molecule has 0 aliphatic carbocycles. The van der Waals surface area contributed by atoms with Gasteiger partial charge in [-0.15, -0.1) is 11.6 Å². The van der Waals surface area contributed by atoms with Gasteiger partial charge in [-0.05, 0) is 43.0 Å². The molecule has 0 N–H and O–H groups in total. The number of carbonyl (C=O) groups is 1. The molecule has 1 amide bonds. The van der Waals surface area contributed by atoms with Gasteiger partial charge in [-0.25, -0.2) is 0 Å². The third-order valence-electron chi connectivity index (χ3n) is 3.14. The fourth-order valence-electron chi connectivity index (χ4n) is 2.15. The van der Waals surface area contributed by atoms with Crippen LogP contribution in [0.2, 0.25) is 5.02 Å². The summed E-state index contributed by atoms with van der Waals surface area (Å²) >= 11 is 12.1. The molecule has 0 saturated carbocycles. The molecule has 1 aromatic carbocycles. The summed E-state index contributed by atoms with van der Waals surface area (Å²) in [5, 5.41) is 0.0779. The van der Waals surface area contributed by atoms with Gasteiger partial charge in [0.2, 0.25) is 5.91 Å². The third-order valence-corrected chi connectivity index (χ3v) is 3.80. The zero-order chi connectivity index (χ0) is 12.4. The molecule has 0 radical (unpaired) electrons. The van der Waals surface area contributed by atoms with Crippen LogP contribution in [0, 0.1) is 6.92 Å². The summed E-state index contributed by atoms with van der Waals surface area (Å²) < 4.78 is 0. The van der Waals surface area contributed by atoms with Gasteiger partial charge in [0.15, 0.2) is 0 Å². The monoisotopic (exact) mass is 271 g/mol. The van der Waals surface area contributed by atoms with Gasteiger partial charge in [0, 0.05) is 18.1 Å². The molecular weight excluding hydrogens is 257 g/mol. The van der Waals surface area contributed by atoms with Crippen LogP contribution in [0.1, 0.15) is 29.3 Å². The third kappa shape index (κ3) is 2.75. The van der Waals surface area contributed by atoms with Gasteiger partial charge in [-0.2, -0.15) is 0 Å². The Hall–Kier alpha value is -0.730. The maximum atomic E-state index is 12.1. The molecular formula is C13H15Cl2NO. The molecule has 1 saturated heterocycles. The number of rotatable bonds is 2. The fourth-order valence-corrected chi connectivity index (χ4v) is 2.76. The van der Waals surface area contributed by atoms with Crippen molar-refractivity contribution in [1.29, 1.82) is 0 Å². The normalized spacial score (nSPS) is 17.2. The van der Waals surface area contributed by atoms with Crippen LogP contribution < -0.4 is 0 Å². The molecule has 2 nitrogen and oxygen atoms in total. The number of halogens is 2. The SMILES string of the molecule is Cc1cc(Cl)ccc1C(Cl)C(=O)N1CCCC1. The minimum atomic E-state index is -0.592. The maximum Gasteiger partial charge on any atom is 0.245 e. The summed E-state index contributed by atoms with van der Waals surface area (Å²) in [5.74, 6) is 0.00888. The topological polar surface area (TPSA) is 20.3 Å². The Morgan fingerprint density at radius 1 is 1.35 bits per heavy atom. The highest BCUT2D eigenvalue weighted by Gasteiger charge is 2.26. The van der Waals surface area contributed by atoms with Crippen molar-refractivity contribution in [3.05, 3.63) is 34.3 Å². The molecule has 4 heteroatoms. The van der Waals surface area contributed by atoms with Gasteiger partial charge in [0.25, 0.3) is 0 Å². The van der Waals surface area contributed by atoms with Crippen LogP contribution in [0.3, 0.4) is 0 Å². The zero-order valence-electron chi connectivity index (χ0n) is 9.75. The highest BCUT2D eigenvalue weighted by Crippen LogP contribution is 2.29. The molecule has 0 spiro atoms. The first-order valence-corrected chi connectivity index (χ1v) is 6.60. The van der Waals surface area contributed by atoms with E-state index in [4.69, 9.17) is 23.2 Å². The summed E-state index contributed by atoms with van der Waals surface area (Å²) in [7, 11) is 0. The predicted molar refractivity (Wildman–Crippen MR) is 70.6 cm³/mol. The summed E-state index contributed by atoms with van der Waals surface area (Å²) in [5.41, 5.74) is 1.82.